The Kier molecular flexibility index (Phi) is 59.9. The van der Waals surface area contributed by atoms with Crippen LogP contribution in [0.25, 0.3) is 0 Å². The highest BCUT2D eigenvalue weighted by molar-refractivity contribution is 7.47. The Bertz CT molecular complexity index is 1720. The van der Waals surface area contributed by atoms with Gasteiger partial charge in [-0.1, -0.05) is 298 Å². The van der Waals surface area contributed by atoms with Crippen molar-refractivity contribution >= 4 is 39.5 Å². The molecule has 17 nitrogen and oxygen atoms in total. The molecule has 0 saturated heterocycles. The second kappa shape index (κ2) is 61.3. The monoisotopic (exact) mass is 1300 g/mol. The molecule has 3 N–H and O–H groups in total. The van der Waals surface area contributed by atoms with Gasteiger partial charge < -0.3 is 33.8 Å². The fraction of sp³-hybridized carbons (Fsp3) is 0.942. The van der Waals surface area contributed by atoms with Crippen molar-refractivity contribution in [2.24, 2.45) is 11.8 Å². The Morgan fingerprint density at radius 2 is 0.523 bits per heavy atom. The summed E-state index contributed by atoms with van der Waals surface area (Å²) in [4.78, 5) is 72.5. The number of unbranched alkanes of at least 4 members (excludes halogenated alkanes) is 38. The minimum absolute atomic E-state index is 0.103. The normalized spacial score (nSPS) is 14.2. The summed E-state index contributed by atoms with van der Waals surface area (Å²) >= 11 is 0. The number of carbonyl (C=O) groups is 4. The van der Waals surface area contributed by atoms with Gasteiger partial charge in [0, 0.05) is 25.7 Å². The van der Waals surface area contributed by atoms with Gasteiger partial charge in [0.2, 0.25) is 0 Å². The second-order valence-corrected chi connectivity index (χ2v) is 28.8. The van der Waals surface area contributed by atoms with Crippen molar-refractivity contribution in [3.05, 3.63) is 0 Å². The Morgan fingerprint density at radius 1 is 0.307 bits per heavy atom. The van der Waals surface area contributed by atoms with E-state index >= 15 is 0 Å². The summed E-state index contributed by atoms with van der Waals surface area (Å²) in [7, 11) is -9.90. The van der Waals surface area contributed by atoms with Crippen molar-refractivity contribution < 1.29 is 80.2 Å². The van der Waals surface area contributed by atoms with Gasteiger partial charge in [-0.05, 0) is 37.5 Å². The summed E-state index contributed by atoms with van der Waals surface area (Å²) in [6, 6.07) is 0. The average molecular weight is 1300 g/mol. The molecule has 88 heavy (non-hydrogen) atoms. The zero-order chi connectivity index (χ0) is 65.0. The highest BCUT2D eigenvalue weighted by atomic mass is 31.2. The summed E-state index contributed by atoms with van der Waals surface area (Å²) in [6.45, 7) is 9.43. The maximum atomic E-state index is 13.0. The number of phosphoric ester groups is 2. The van der Waals surface area contributed by atoms with Gasteiger partial charge in [0.15, 0.2) is 12.2 Å². The van der Waals surface area contributed by atoms with Gasteiger partial charge in [-0.2, -0.15) is 0 Å². The molecule has 0 heterocycles. The third-order valence-corrected chi connectivity index (χ3v) is 17.9. The van der Waals surface area contributed by atoms with Crippen LogP contribution in [0.5, 0.6) is 0 Å². The zero-order valence-electron chi connectivity index (χ0n) is 57.0. The van der Waals surface area contributed by atoms with E-state index in [1.54, 1.807) is 0 Å². The van der Waals surface area contributed by atoms with Crippen LogP contribution in [0.4, 0.5) is 0 Å². The molecule has 0 rings (SSSR count). The minimum Gasteiger partial charge on any atom is -0.462 e. The van der Waals surface area contributed by atoms with Gasteiger partial charge in [-0.15, -0.1) is 0 Å². The van der Waals surface area contributed by atoms with Gasteiger partial charge in [0.05, 0.1) is 26.4 Å². The number of hydrogen-bond donors (Lipinski definition) is 3. The van der Waals surface area contributed by atoms with Crippen LogP contribution >= 0.6 is 15.6 Å². The Labute approximate surface area is 537 Å². The maximum absolute atomic E-state index is 13.0. The molecule has 0 aliphatic heterocycles. The second-order valence-electron chi connectivity index (χ2n) is 25.9. The fourth-order valence-corrected chi connectivity index (χ4v) is 12.0. The highest BCUT2D eigenvalue weighted by Gasteiger charge is 2.30. The lowest BCUT2D eigenvalue weighted by atomic mass is 10.0. The molecule has 0 fully saturated rings. The maximum Gasteiger partial charge on any atom is 0.472 e. The molecular weight excluding hydrogens is 1160 g/mol. The predicted octanol–water partition coefficient (Wildman–Crippen LogP) is 19.6. The van der Waals surface area contributed by atoms with Gasteiger partial charge in [-0.25, -0.2) is 9.13 Å². The lowest BCUT2D eigenvalue weighted by molar-refractivity contribution is -0.161. The van der Waals surface area contributed by atoms with E-state index in [4.69, 9.17) is 37.0 Å². The molecule has 0 spiro atoms. The van der Waals surface area contributed by atoms with E-state index in [1.165, 1.54) is 161 Å². The molecule has 522 valence electrons. The van der Waals surface area contributed by atoms with Gasteiger partial charge in [0.1, 0.15) is 19.3 Å². The fourth-order valence-electron chi connectivity index (χ4n) is 10.4. The first-order chi connectivity index (χ1) is 42.4. The molecule has 0 aromatic heterocycles. The van der Waals surface area contributed by atoms with Crippen LogP contribution < -0.4 is 0 Å². The molecule has 0 radical (unpaired) electrons. The van der Waals surface area contributed by atoms with E-state index < -0.39 is 97.5 Å². The SMILES string of the molecule is CCCCCCCCCCCCCCCCC(=O)OC[C@H](COP(=O)(O)OC[C@@H](O)COP(=O)(O)OC[C@@H](COC(=O)CCCCCCCCCC(C)C)OC(=O)CCCCCCCCCC(C)C)OC(=O)CCCCCCCCCCCCCCCC. The van der Waals surface area contributed by atoms with Crippen molar-refractivity contribution in [2.45, 2.75) is 368 Å². The van der Waals surface area contributed by atoms with Gasteiger partial charge in [-0.3, -0.25) is 37.3 Å². The van der Waals surface area contributed by atoms with E-state index in [-0.39, 0.29) is 25.7 Å². The molecule has 0 aliphatic carbocycles. The van der Waals surface area contributed by atoms with Crippen LogP contribution in [0.15, 0.2) is 0 Å². The van der Waals surface area contributed by atoms with Crippen LogP contribution in [0.1, 0.15) is 350 Å². The van der Waals surface area contributed by atoms with Crippen LogP contribution in [-0.2, 0) is 65.4 Å². The van der Waals surface area contributed by atoms with E-state index in [9.17, 15) is 43.2 Å². The van der Waals surface area contributed by atoms with E-state index in [2.05, 4.69) is 41.5 Å². The van der Waals surface area contributed by atoms with E-state index in [1.807, 2.05) is 0 Å². The summed E-state index contributed by atoms with van der Waals surface area (Å²) in [5.41, 5.74) is 0. The zero-order valence-corrected chi connectivity index (χ0v) is 58.8. The van der Waals surface area contributed by atoms with Gasteiger partial charge >= 0.3 is 39.5 Å². The standard InChI is InChI=1S/C69H134O17P2/c1-7-9-11-13-15-17-19-21-23-25-27-33-39-45-51-66(71)79-57-64(85-68(73)53-47-41-34-28-26-24-22-20-18-16-14-12-10-8-2)59-83-87(75,76)81-55-63(70)56-82-88(77,78)84-60-65(86-69(74)54-48-42-36-30-32-38-44-50-62(5)6)58-80-67(72)52-46-40-35-29-31-37-43-49-61(3)4/h61-65,70H,7-60H2,1-6H3,(H,75,76)(H,77,78)/t63-,64-,65-/m1/s1. The molecule has 0 aromatic rings. The van der Waals surface area contributed by atoms with Crippen LogP contribution in [0, 0.1) is 11.8 Å². The van der Waals surface area contributed by atoms with E-state index in [0.29, 0.717) is 37.5 Å². The number of aliphatic hydroxyl groups is 1. The molecule has 19 heteroatoms. The first-order valence-electron chi connectivity index (χ1n) is 36.0. The molecule has 2 unspecified atom stereocenters. The van der Waals surface area contributed by atoms with Crippen molar-refractivity contribution in [1.82, 2.24) is 0 Å². The molecule has 0 saturated carbocycles. The number of rotatable bonds is 68. The van der Waals surface area contributed by atoms with Gasteiger partial charge in [0.25, 0.3) is 0 Å². The van der Waals surface area contributed by atoms with Crippen LogP contribution in [0.2, 0.25) is 0 Å². The topological polar surface area (TPSA) is 237 Å². The van der Waals surface area contributed by atoms with Crippen LogP contribution in [0.3, 0.4) is 0 Å². The lowest BCUT2D eigenvalue weighted by Crippen LogP contribution is -2.30. The van der Waals surface area contributed by atoms with Crippen molar-refractivity contribution in [2.75, 3.05) is 39.6 Å². The quantitative estimate of drug-likeness (QED) is 0.0222. The highest BCUT2D eigenvalue weighted by Crippen LogP contribution is 2.45. The molecule has 0 aliphatic rings. The lowest BCUT2D eigenvalue weighted by Gasteiger charge is -2.21. The average Bonchev–Trinajstić information content (AvgIpc) is 3.49. The van der Waals surface area contributed by atoms with E-state index in [0.717, 1.165) is 96.3 Å². The molecule has 0 amide bonds. The van der Waals surface area contributed by atoms with Crippen molar-refractivity contribution in [3.63, 3.8) is 0 Å². The number of carbonyl (C=O) groups excluding carboxylic acids is 4. The first kappa shape index (κ1) is 86.1. The summed E-state index contributed by atoms with van der Waals surface area (Å²) in [6.07, 6.45) is 45.9. The Hall–Kier alpha value is -1.94. The molecule has 0 bridgehead atoms. The Morgan fingerprint density at radius 3 is 0.773 bits per heavy atom. The first-order valence-corrected chi connectivity index (χ1v) is 39.0. The number of hydrogen-bond acceptors (Lipinski definition) is 15. The summed E-state index contributed by atoms with van der Waals surface area (Å²) in [5, 5.41) is 10.6. The van der Waals surface area contributed by atoms with Crippen LogP contribution in [-0.4, -0.2) is 96.7 Å². The largest absolute Gasteiger partial charge is 0.472 e. The third-order valence-electron chi connectivity index (χ3n) is 16.0. The third kappa shape index (κ3) is 62.8. The van der Waals surface area contributed by atoms with Crippen molar-refractivity contribution in [3.8, 4) is 0 Å². The smallest absolute Gasteiger partial charge is 0.462 e. The summed E-state index contributed by atoms with van der Waals surface area (Å²) in [5.74, 6) is -0.726. The summed E-state index contributed by atoms with van der Waals surface area (Å²) < 4.78 is 68.2. The number of phosphoric acid groups is 2. The predicted molar refractivity (Wildman–Crippen MR) is 354 cm³/mol. The number of ether oxygens (including phenoxy) is 4. The number of aliphatic hydroxyl groups excluding tert-OH is 1. The molecular formula is C69H134O17P2. The minimum atomic E-state index is -4.95. The molecule has 5 atom stereocenters. The number of esters is 4. The Balaban J connectivity index is 5.24. The van der Waals surface area contributed by atoms with Crippen molar-refractivity contribution in [1.29, 1.82) is 0 Å². The molecule has 0 aromatic carbocycles.